The smallest absolute Gasteiger partial charge is 0.328 e. The number of anilines is 1. The molecule has 1 aromatic carbocycles. The highest BCUT2D eigenvalue weighted by molar-refractivity contribution is 6.03. The van der Waals surface area contributed by atoms with Crippen molar-refractivity contribution in [2.24, 2.45) is 0 Å². The number of nitrogens with one attached hydrogen (secondary N) is 1. The summed E-state index contributed by atoms with van der Waals surface area (Å²) in [7, 11) is 1.51. The molecule has 1 aromatic heterocycles. The molecule has 110 valence electrons. The zero-order chi connectivity index (χ0) is 15.4. The van der Waals surface area contributed by atoms with Gasteiger partial charge in [0.2, 0.25) is 0 Å². The van der Waals surface area contributed by atoms with Crippen LogP contribution in [0.5, 0.6) is 5.75 Å². The first-order valence-corrected chi connectivity index (χ1v) is 6.25. The molecule has 0 saturated carbocycles. The predicted octanol–water partition coefficient (Wildman–Crippen LogP) is 1.79. The highest BCUT2D eigenvalue weighted by atomic mass is 16.5. The molecule has 0 aliphatic carbocycles. The fourth-order valence-corrected chi connectivity index (χ4v) is 1.72. The second-order valence-corrected chi connectivity index (χ2v) is 4.35. The second-order valence-electron chi connectivity index (χ2n) is 4.35. The van der Waals surface area contributed by atoms with Crippen molar-refractivity contribution in [2.45, 2.75) is 13.0 Å². The van der Waals surface area contributed by atoms with Gasteiger partial charge >= 0.3 is 5.97 Å². The summed E-state index contributed by atoms with van der Waals surface area (Å²) in [5.74, 6) is -0.921. The average molecular weight is 289 g/mol. The Morgan fingerprint density at radius 1 is 1.33 bits per heavy atom. The Labute approximate surface area is 121 Å². The summed E-state index contributed by atoms with van der Waals surface area (Å²) in [6.07, 6.45) is 1.45. The number of carbonyl (C=O) groups is 2. The number of para-hydroxylation sites is 2. The maximum atomic E-state index is 12.1. The number of carboxylic acid groups (broad SMARTS) is 1. The van der Waals surface area contributed by atoms with Gasteiger partial charge in [-0.25, -0.2) is 4.79 Å². The third kappa shape index (κ3) is 3.19. The molecule has 2 rings (SSSR count). The zero-order valence-electron chi connectivity index (χ0n) is 11.6. The standard InChI is InChI=1S/C14H15N3O4/c1-9(14(19)20)17-8-7-11(16-17)13(18)15-10-5-3-4-6-12(10)21-2/h3-9H,1-2H3,(H,15,18)(H,19,20). The largest absolute Gasteiger partial charge is 0.495 e. The van der Waals surface area contributed by atoms with Gasteiger partial charge in [0.15, 0.2) is 5.69 Å². The number of ether oxygens (including phenoxy) is 1. The van der Waals surface area contributed by atoms with Crippen LogP contribution in [0.2, 0.25) is 0 Å². The van der Waals surface area contributed by atoms with E-state index >= 15 is 0 Å². The van der Waals surface area contributed by atoms with Crippen LogP contribution in [0, 0.1) is 0 Å². The molecule has 2 aromatic rings. The Morgan fingerprint density at radius 3 is 2.71 bits per heavy atom. The van der Waals surface area contributed by atoms with Crippen LogP contribution < -0.4 is 10.1 Å². The molecular formula is C14H15N3O4. The van der Waals surface area contributed by atoms with Crippen LogP contribution in [0.4, 0.5) is 5.69 Å². The number of hydrogen-bond acceptors (Lipinski definition) is 4. The first-order chi connectivity index (χ1) is 10.0. The summed E-state index contributed by atoms with van der Waals surface area (Å²) < 4.78 is 6.36. The Bertz CT molecular complexity index is 666. The molecule has 0 aliphatic heterocycles. The number of carboxylic acids is 1. The van der Waals surface area contributed by atoms with Gasteiger partial charge in [-0.2, -0.15) is 5.10 Å². The van der Waals surface area contributed by atoms with Crippen molar-refractivity contribution in [1.82, 2.24) is 9.78 Å². The number of methoxy groups -OCH3 is 1. The first-order valence-electron chi connectivity index (χ1n) is 6.25. The molecule has 21 heavy (non-hydrogen) atoms. The third-order valence-corrected chi connectivity index (χ3v) is 2.95. The molecule has 0 aliphatic rings. The van der Waals surface area contributed by atoms with Crippen molar-refractivity contribution in [1.29, 1.82) is 0 Å². The Kier molecular flexibility index (Phi) is 4.22. The lowest BCUT2D eigenvalue weighted by Crippen LogP contribution is -2.18. The van der Waals surface area contributed by atoms with Gasteiger partial charge in [0.05, 0.1) is 12.8 Å². The maximum absolute atomic E-state index is 12.1. The minimum atomic E-state index is -1.02. The van der Waals surface area contributed by atoms with Gasteiger partial charge in [-0.3, -0.25) is 9.48 Å². The molecule has 0 saturated heterocycles. The predicted molar refractivity (Wildman–Crippen MR) is 75.5 cm³/mol. The SMILES string of the molecule is COc1ccccc1NC(=O)c1ccn(C(C)C(=O)O)n1. The van der Waals surface area contributed by atoms with Gasteiger partial charge in [0.25, 0.3) is 5.91 Å². The monoisotopic (exact) mass is 289 g/mol. The fraction of sp³-hybridized carbons (Fsp3) is 0.214. The molecular weight excluding hydrogens is 274 g/mol. The number of rotatable bonds is 5. The number of amides is 1. The third-order valence-electron chi connectivity index (χ3n) is 2.95. The number of aliphatic carboxylic acids is 1. The van der Waals surface area contributed by atoms with Crippen LogP contribution in [0.15, 0.2) is 36.5 Å². The number of carbonyl (C=O) groups excluding carboxylic acids is 1. The molecule has 2 N–H and O–H groups in total. The molecule has 7 nitrogen and oxygen atoms in total. The fourth-order valence-electron chi connectivity index (χ4n) is 1.72. The van der Waals surface area contributed by atoms with Crippen LogP contribution in [0.25, 0.3) is 0 Å². The lowest BCUT2D eigenvalue weighted by Gasteiger charge is -2.09. The van der Waals surface area contributed by atoms with Crippen LogP contribution in [0.1, 0.15) is 23.5 Å². The second kappa shape index (κ2) is 6.08. The van der Waals surface area contributed by atoms with Crippen molar-refractivity contribution < 1.29 is 19.4 Å². The summed E-state index contributed by atoms with van der Waals surface area (Å²) in [4.78, 5) is 23.0. The lowest BCUT2D eigenvalue weighted by molar-refractivity contribution is -0.140. The van der Waals surface area contributed by atoms with Gasteiger partial charge in [0, 0.05) is 6.20 Å². The summed E-state index contributed by atoms with van der Waals surface area (Å²) in [6.45, 7) is 1.48. The Hall–Kier alpha value is -2.83. The minimum Gasteiger partial charge on any atom is -0.495 e. The van der Waals surface area contributed by atoms with E-state index in [1.807, 2.05) is 0 Å². The summed E-state index contributed by atoms with van der Waals surface area (Å²) >= 11 is 0. The number of aromatic nitrogens is 2. The van der Waals surface area contributed by atoms with E-state index in [9.17, 15) is 9.59 Å². The molecule has 1 atom stereocenters. The molecule has 0 radical (unpaired) electrons. The molecule has 0 bridgehead atoms. The first kappa shape index (κ1) is 14.6. The highest BCUT2D eigenvalue weighted by Gasteiger charge is 2.17. The normalized spacial score (nSPS) is 11.7. The molecule has 0 spiro atoms. The van der Waals surface area contributed by atoms with E-state index in [4.69, 9.17) is 9.84 Å². The van der Waals surface area contributed by atoms with Gasteiger partial charge in [-0.1, -0.05) is 12.1 Å². The summed E-state index contributed by atoms with van der Waals surface area (Å²) in [5, 5.41) is 15.5. The molecule has 0 fully saturated rings. The minimum absolute atomic E-state index is 0.133. The van der Waals surface area contributed by atoms with Crippen LogP contribution in [0.3, 0.4) is 0 Å². The number of benzene rings is 1. The molecule has 1 heterocycles. The zero-order valence-corrected chi connectivity index (χ0v) is 11.6. The van der Waals surface area contributed by atoms with Crippen LogP contribution in [-0.2, 0) is 4.79 Å². The topological polar surface area (TPSA) is 93.5 Å². The van der Waals surface area contributed by atoms with E-state index in [1.54, 1.807) is 24.3 Å². The van der Waals surface area contributed by atoms with Crippen molar-refractivity contribution >= 4 is 17.6 Å². The molecule has 1 unspecified atom stereocenters. The van der Waals surface area contributed by atoms with Gasteiger partial charge in [0.1, 0.15) is 11.8 Å². The Morgan fingerprint density at radius 2 is 2.05 bits per heavy atom. The van der Waals surface area contributed by atoms with E-state index in [2.05, 4.69) is 10.4 Å². The average Bonchev–Trinajstić information content (AvgIpc) is 2.96. The highest BCUT2D eigenvalue weighted by Crippen LogP contribution is 2.23. The number of hydrogen-bond donors (Lipinski definition) is 2. The summed E-state index contributed by atoms with van der Waals surface area (Å²) in [5.41, 5.74) is 0.653. The van der Waals surface area contributed by atoms with Crippen molar-refractivity contribution in [2.75, 3.05) is 12.4 Å². The number of nitrogens with zero attached hydrogens (tertiary/aromatic N) is 2. The van der Waals surface area contributed by atoms with Gasteiger partial charge in [-0.15, -0.1) is 0 Å². The quantitative estimate of drug-likeness (QED) is 0.875. The van der Waals surface area contributed by atoms with E-state index in [0.717, 1.165) is 0 Å². The summed E-state index contributed by atoms with van der Waals surface area (Å²) in [6, 6.07) is 7.61. The van der Waals surface area contributed by atoms with Crippen molar-refractivity contribution in [3.05, 3.63) is 42.2 Å². The van der Waals surface area contributed by atoms with Crippen molar-refractivity contribution in [3.63, 3.8) is 0 Å². The Balaban J connectivity index is 2.16. The van der Waals surface area contributed by atoms with Crippen LogP contribution >= 0.6 is 0 Å². The van der Waals surface area contributed by atoms with E-state index < -0.39 is 17.9 Å². The lowest BCUT2D eigenvalue weighted by atomic mass is 10.3. The van der Waals surface area contributed by atoms with Gasteiger partial charge < -0.3 is 15.2 Å². The van der Waals surface area contributed by atoms with E-state index in [0.29, 0.717) is 11.4 Å². The van der Waals surface area contributed by atoms with Crippen molar-refractivity contribution in [3.8, 4) is 5.75 Å². The molecule has 7 heteroatoms. The van der Waals surface area contributed by atoms with E-state index in [-0.39, 0.29) is 5.69 Å². The van der Waals surface area contributed by atoms with Crippen LogP contribution in [-0.4, -0.2) is 33.9 Å². The maximum Gasteiger partial charge on any atom is 0.328 e. The molecule has 1 amide bonds. The van der Waals surface area contributed by atoms with Gasteiger partial charge in [-0.05, 0) is 25.1 Å². The van der Waals surface area contributed by atoms with E-state index in [1.165, 1.54) is 31.0 Å².